The van der Waals surface area contributed by atoms with Crippen LogP contribution in [0, 0.1) is 5.92 Å². The van der Waals surface area contributed by atoms with Gasteiger partial charge in [-0.25, -0.2) is 8.42 Å². The number of rotatable bonds is 6. The Labute approximate surface area is 113 Å². The summed E-state index contributed by atoms with van der Waals surface area (Å²) in [5, 5.41) is 0.648. The molecule has 0 spiro atoms. The van der Waals surface area contributed by atoms with Gasteiger partial charge in [-0.3, -0.25) is 0 Å². The molecule has 0 bridgehead atoms. The quantitative estimate of drug-likeness (QED) is 0.867. The van der Waals surface area contributed by atoms with Gasteiger partial charge in [0.2, 0.25) is 0 Å². The highest BCUT2D eigenvalue weighted by atomic mass is 32.2. The molecule has 18 heavy (non-hydrogen) atoms. The molecule has 1 aromatic heterocycles. The van der Waals surface area contributed by atoms with Crippen molar-refractivity contribution < 1.29 is 8.42 Å². The minimum atomic E-state index is -3.33. The summed E-state index contributed by atoms with van der Waals surface area (Å²) in [6.45, 7) is 6.78. The molecule has 0 saturated carbocycles. The van der Waals surface area contributed by atoms with Crippen LogP contribution in [0.3, 0.4) is 0 Å². The molecule has 0 aromatic carbocycles. The van der Waals surface area contributed by atoms with E-state index in [1.165, 1.54) is 0 Å². The molecule has 2 N–H and O–H groups in total. The summed E-state index contributed by atoms with van der Waals surface area (Å²) in [6.07, 6.45) is 0.574. The first-order chi connectivity index (χ1) is 8.29. The molecule has 1 rings (SSSR count). The van der Waals surface area contributed by atoms with Gasteiger partial charge in [0.1, 0.15) is 9.90 Å². The monoisotopic (exact) mass is 291 g/mol. The maximum Gasteiger partial charge on any atom is 0.185 e. The summed E-state index contributed by atoms with van der Waals surface area (Å²) in [5.41, 5.74) is 5.72. The molecule has 7 heteroatoms. The predicted molar refractivity (Wildman–Crippen MR) is 77.0 cm³/mol. The van der Waals surface area contributed by atoms with Gasteiger partial charge in [-0.1, -0.05) is 20.8 Å². The maximum absolute atomic E-state index is 12.2. The molecule has 1 aromatic rings. The van der Waals surface area contributed by atoms with Crippen molar-refractivity contribution in [3.63, 3.8) is 0 Å². The lowest BCUT2D eigenvalue weighted by molar-refractivity contribution is 0.593. The Morgan fingerprint density at radius 3 is 2.56 bits per heavy atom. The van der Waals surface area contributed by atoms with Gasteiger partial charge in [-0.2, -0.15) is 4.37 Å². The number of anilines is 2. The zero-order chi connectivity index (χ0) is 13.9. The van der Waals surface area contributed by atoms with Gasteiger partial charge >= 0.3 is 0 Å². The first-order valence-corrected chi connectivity index (χ1v) is 8.41. The lowest BCUT2D eigenvalue weighted by Crippen LogP contribution is -2.23. The van der Waals surface area contributed by atoms with Crippen molar-refractivity contribution >= 4 is 32.2 Å². The van der Waals surface area contributed by atoms with Crippen LogP contribution in [0.4, 0.5) is 10.8 Å². The van der Waals surface area contributed by atoms with Crippen molar-refractivity contribution in [2.24, 2.45) is 5.92 Å². The third-order valence-corrected chi connectivity index (χ3v) is 5.50. The van der Waals surface area contributed by atoms with E-state index >= 15 is 0 Å². The number of nitrogens with zero attached hydrogens (tertiary/aromatic N) is 2. The minimum absolute atomic E-state index is 0.109. The Bertz CT molecular complexity index is 494. The van der Waals surface area contributed by atoms with E-state index in [1.807, 2.05) is 18.9 Å². The Morgan fingerprint density at radius 2 is 2.06 bits per heavy atom. The molecule has 0 saturated heterocycles. The highest BCUT2D eigenvalue weighted by Gasteiger charge is 2.26. The molecular weight excluding hydrogens is 270 g/mol. The predicted octanol–water partition coefficient (Wildman–Crippen LogP) is 2.00. The molecule has 0 unspecified atom stereocenters. The summed E-state index contributed by atoms with van der Waals surface area (Å²) in [4.78, 5) is 2.12. The van der Waals surface area contributed by atoms with Gasteiger partial charge in [0.15, 0.2) is 15.7 Å². The summed E-state index contributed by atoms with van der Waals surface area (Å²) >= 11 is 1.15. The Balaban J connectivity index is 3.17. The molecule has 0 atom stereocenters. The van der Waals surface area contributed by atoms with Gasteiger partial charge in [-0.05, 0) is 23.9 Å². The van der Waals surface area contributed by atoms with Crippen molar-refractivity contribution in [3.8, 4) is 0 Å². The number of nitrogens with two attached hydrogens (primary N) is 1. The SMILES string of the molecule is CCCS(=O)(=O)c1c(N)nsc1N(C)CC(C)C. The van der Waals surface area contributed by atoms with Gasteiger partial charge < -0.3 is 10.6 Å². The highest BCUT2D eigenvalue weighted by Crippen LogP contribution is 2.35. The lowest BCUT2D eigenvalue weighted by Gasteiger charge is -2.20. The number of nitrogen functional groups attached to an aromatic ring is 1. The van der Waals surface area contributed by atoms with E-state index in [-0.39, 0.29) is 16.5 Å². The van der Waals surface area contributed by atoms with E-state index in [0.29, 0.717) is 17.3 Å². The van der Waals surface area contributed by atoms with Crippen molar-refractivity contribution in [1.29, 1.82) is 0 Å². The summed E-state index contributed by atoms with van der Waals surface area (Å²) in [6, 6.07) is 0. The smallest absolute Gasteiger partial charge is 0.185 e. The zero-order valence-corrected chi connectivity index (χ0v) is 12.9. The van der Waals surface area contributed by atoms with Crippen LogP contribution in [0.1, 0.15) is 27.2 Å². The van der Waals surface area contributed by atoms with Gasteiger partial charge in [0.05, 0.1) is 5.75 Å². The van der Waals surface area contributed by atoms with E-state index < -0.39 is 9.84 Å². The van der Waals surface area contributed by atoms with Crippen LogP contribution in [0.25, 0.3) is 0 Å². The second-order valence-corrected chi connectivity index (χ2v) is 7.59. The normalized spacial score (nSPS) is 12.1. The second kappa shape index (κ2) is 5.88. The molecule has 5 nitrogen and oxygen atoms in total. The van der Waals surface area contributed by atoms with Crippen LogP contribution in [-0.4, -0.2) is 32.1 Å². The van der Waals surface area contributed by atoms with Crippen molar-refractivity contribution in [3.05, 3.63) is 0 Å². The zero-order valence-electron chi connectivity index (χ0n) is 11.3. The Hall–Kier alpha value is -0.820. The van der Waals surface area contributed by atoms with Crippen molar-refractivity contribution in [2.75, 3.05) is 30.0 Å². The molecule has 0 amide bonds. The average molecular weight is 291 g/mol. The van der Waals surface area contributed by atoms with Crippen molar-refractivity contribution in [1.82, 2.24) is 4.37 Å². The van der Waals surface area contributed by atoms with Crippen LogP contribution in [-0.2, 0) is 9.84 Å². The molecular formula is C11H21N3O2S2. The molecule has 0 aliphatic carbocycles. The second-order valence-electron chi connectivity index (χ2n) is 4.80. The molecule has 1 heterocycles. The fraction of sp³-hybridized carbons (Fsp3) is 0.727. The summed E-state index contributed by atoms with van der Waals surface area (Å²) in [5.74, 6) is 0.678. The summed E-state index contributed by atoms with van der Waals surface area (Å²) in [7, 11) is -1.45. The van der Waals surface area contributed by atoms with Crippen LogP contribution in [0.5, 0.6) is 0 Å². The largest absolute Gasteiger partial charge is 0.382 e. The molecule has 0 aliphatic heterocycles. The fourth-order valence-electron chi connectivity index (χ4n) is 1.82. The van der Waals surface area contributed by atoms with Gasteiger partial charge in [-0.15, -0.1) is 0 Å². The molecule has 104 valence electrons. The maximum atomic E-state index is 12.2. The molecule has 0 aliphatic rings. The van der Waals surface area contributed by atoms with Gasteiger partial charge in [0, 0.05) is 13.6 Å². The van der Waals surface area contributed by atoms with Crippen LogP contribution in [0.15, 0.2) is 4.90 Å². The number of sulfone groups is 1. The van der Waals surface area contributed by atoms with Crippen molar-refractivity contribution in [2.45, 2.75) is 32.1 Å². The molecule has 0 radical (unpaired) electrons. The Morgan fingerprint density at radius 1 is 1.44 bits per heavy atom. The van der Waals surface area contributed by atoms with E-state index in [9.17, 15) is 8.42 Å². The standard InChI is InChI=1S/C11H21N3O2S2/c1-5-6-18(15,16)9-10(12)13-17-11(9)14(4)7-8(2)3/h8H,5-7H2,1-4H3,(H2,12,13). The van der Waals surface area contributed by atoms with Gasteiger partial charge in [0.25, 0.3) is 0 Å². The van der Waals surface area contributed by atoms with E-state index in [2.05, 4.69) is 18.2 Å². The topological polar surface area (TPSA) is 76.3 Å². The minimum Gasteiger partial charge on any atom is -0.382 e. The average Bonchev–Trinajstić information content (AvgIpc) is 2.59. The fourth-order valence-corrected chi connectivity index (χ4v) is 4.58. The van der Waals surface area contributed by atoms with E-state index in [0.717, 1.165) is 18.1 Å². The summed E-state index contributed by atoms with van der Waals surface area (Å²) < 4.78 is 28.4. The highest BCUT2D eigenvalue weighted by molar-refractivity contribution is 7.91. The lowest BCUT2D eigenvalue weighted by atomic mass is 10.2. The number of hydrogen-bond donors (Lipinski definition) is 1. The third kappa shape index (κ3) is 3.35. The first kappa shape index (κ1) is 15.2. The van der Waals surface area contributed by atoms with E-state index in [4.69, 9.17) is 5.73 Å². The Kier molecular flexibility index (Phi) is 4.98. The number of hydrogen-bond acceptors (Lipinski definition) is 6. The number of aromatic nitrogens is 1. The van der Waals surface area contributed by atoms with Crippen LogP contribution >= 0.6 is 11.5 Å². The third-order valence-electron chi connectivity index (χ3n) is 2.43. The first-order valence-electron chi connectivity index (χ1n) is 5.98. The van der Waals surface area contributed by atoms with Crippen LogP contribution in [0.2, 0.25) is 0 Å². The van der Waals surface area contributed by atoms with E-state index in [1.54, 1.807) is 0 Å². The molecule has 0 fully saturated rings. The van der Waals surface area contributed by atoms with Crippen LogP contribution < -0.4 is 10.6 Å².